The van der Waals surface area contributed by atoms with Gasteiger partial charge in [0.15, 0.2) is 0 Å². The molecule has 0 bridgehead atoms. The number of hydrogen-bond acceptors (Lipinski definition) is 3. The average molecular weight is 322 g/mol. The van der Waals surface area contributed by atoms with Crippen molar-refractivity contribution in [1.29, 1.82) is 0 Å². The van der Waals surface area contributed by atoms with E-state index in [0.29, 0.717) is 5.69 Å². The molecule has 4 heteroatoms. The highest BCUT2D eigenvalue weighted by atomic mass is 16.5. The summed E-state index contributed by atoms with van der Waals surface area (Å²) in [4.78, 5) is 0. The van der Waals surface area contributed by atoms with Crippen LogP contribution in [-0.2, 0) is 6.42 Å². The Labute approximate surface area is 142 Å². The lowest BCUT2D eigenvalue weighted by Gasteiger charge is -2.09. The molecular weight excluding hydrogens is 300 g/mol. The molecule has 0 aliphatic carbocycles. The molecule has 0 aliphatic heterocycles. The number of ether oxygens (including phenoxy) is 1. The topological polar surface area (TPSA) is 47.3 Å². The normalized spacial score (nSPS) is 12.2. The fraction of sp³-hybridized carbons (Fsp3) is 0.250. The van der Waals surface area contributed by atoms with Gasteiger partial charge in [0.25, 0.3) is 0 Å². The Balaban J connectivity index is 2.09. The first-order valence-corrected chi connectivity index (χ1v) is 8.14. The fourth-order valence-electron chi connectivity index (χ4n) is 2.64. The molecule has 0 spiro atoms. The molecule has 3 rings (SSSR count). The van der Waals surface area contributed by atoms with Crippen molar-refractivity contribution in [2.75, 3.05) is 7.11 Å². The predicted molar refractivity (Wildman–Crippen MR) is 95.6 cm³/mol. The molecule has 0 saturated heterocycles. The van der Waals surface area contributed by atoms with Gasteiger partial charge in [-0.05, 0) is 49.2 Å². The van der Waals surface area contributed by atoms with Crippen molar-refractivity contribution >= 4 is 0 Å². The second-order valence-electron chi connectivity index (χ2n) is 5.79. The van der Waals surface area contributed by atoms with Crippen molar-refractivity contribution in [3.8, 4) is 22.7 Å². The van der Waals surface area contributed by atoms with Gasteiger partial charge < -0.3 is 9.84 Å². The summed E-state index contributed by atoms with van der Waals surface area (Å²) in [5.74, 6) is 0.801. The molecule has 1 N–H and O–H groups in total. The van der Waals surface area contributed by atoms with E-state index in [-0.39, 0.29) is 0 Å². The van der Waals surface area contributed by atoms with Crippen molar-refractivity contribution in [1.82, 2.24) is 9.78 Å². The summed E-state index contributed by atoms with van der Waals surface area (Å²) in [5.41, 5.74) is 4.91. The Kier molecular flexibility index (Phi) is 4.67. The van der Waals surface area contributed by atoms with Gasteiger partial charge in [-0.3, -0.25) is 0 Å². The van der Waals surface area contributed by atoms with E-state index in [2.05, 4.69) is 36.3 Å². The minimum absolute atomic E-state index is 0.613. The Morgan fingerprint density at radius 1 is 1.08 bits per heavy atom. The molecule has 0 amide bonds. The number of nitrogens with zero attached hydrogens (tertiary/aromatic N) is 2. The highest BCUT2D eigenvalue weighted by molar-refractivity contribution is 5.63. The molecular formula is C20H22N2O2. The van der Waals surface area contributed by atoms with Gasteiger partial charge in [-0.15, -0.1) is 0 Å². The summed E-state index contributed by atoms with van der Waals surface area (Å²) < 4.78 is 7.08. The maximum absolute atomic E-state index is 9.92. The molecule has 1 unspecified atom stereocenters. The molecule has 1 aromatic heterocycles. The van der Waals surface area contributed by atoms with Crippen LogP contribution in [0, 0.1) is 0 Å². The van der Waals surface area contributed by atoms with Crippen LogP contribution in [-0.4, -0.2) is 22.0 Å². The maximum atomic E-state index is 9.92. The zero-order valence-corrected chi connectivity index (χ0v) is 14.2. The number of aryl methyl sites for hydroxylation is 1. The Morgan fingerprint density at radius 3 is 2.29 bits per heavy atom. The third-order valence-corrected chi connectivity index (χ3v) is 4.13. The van der Waals surface area contributed by atoms with Crippen LogP contribution in [0.2, 0.25) is 0 Å². The third kappa shape index (κ3) is 3.19. The number of aromatic nitrogens is 2. The quantitative estimate of drug-likeness (QED) is 0.767. The van der Waals surface area contributed by atoms with Crippen LogP contribution >= 0.6 is 0 Å². The SMILES string of the molecule is CCc1ccc(-c2cc(C(C)O)nn2-c2ccc(OC)cc2)cc1. The van der Waals surface area contributed by atoms with Gasteiger partial charge in [-0.2, -0.15) is 5.10 Å². The van der Waals surface area contributed by atoms with E-state index >= 15 is 0 Å². The van der Waals surface area contributed by atoms with Gasteiger partial charge >= 0.3 is 0 Å². The van der Waals surface area contributed by atoms with E-state index in [4.69, 9.17) is 4.74 Å². The van der Waals surface area contributed by atoms with E-state index in [1.165, 1.54) is 5.56 Å². The fourth-order valence-corrected chi connectivity index (χ4v) is 2.64. The van der Waals surface area contributed by atoms with Crippen LogP contribution in [0.5, 0.6) is 5.75 Å². The van der Waals surface area contributed by atoms with E-state index < -0.39 is 6.10 Å². The standard InChI is InChI=1S/C20H22N2O2/c1-4-15-5-7-16(8-6-15)20-13-19(14(2)23)21-22(20)17-9-11-18(24-3)12-10-17/h5-14,23H,4H2,1-3H3. The number of aliphatic hydroxyl groups is 1. The Hall–Kier alpha value is -2.59. The Morgan fingerprint density at radius 2 is 1.75 bits per heavy atom. The van der Waals surface area contributed by atoms with Crippen LogP contribution < -0.4 is 4.74 Å². The first kappa shape index (κ1) is 16.3. The van der Waals surface area contributed by atoms with Crippen LogP contribution in [0.25, 0.3) is 16.9 Å². The molecule has 3 aromatic rings. The van der Waals surface area contributed by atoms with Crippen LogP contribution in [0.4, 0.5) is 0 Å². The van der Waals surface area contributed by atoms with Crippen LogP contribution in [0.1, 0.15) is 31.2 Å². The lowest BCUT2D eigenvalue weighted by Crippen LogP contribution is -2.01. The maximum Gasteiger partial charge on any atom is 0.119 e. The molecule has 0 radical (unpaired) electrons. The lowest BCUT2D eigenvalue weighted by molar-refractivity contribution is 0.193. The molecule has 124 valence electrons. The van der Waals surface area contributed by atoms with Gasteiger partial charge in [-0.25, -0.2) is 4.68 Å². The zero-order valence-electron chi connectivity index (χ0n) is 14.2. The molecule has 24 heavy (non-hydrogen) atoms. The predicted octanol–water partition coefficient (Wildman–Crippen LogP) is 4.16. The molecule has 0 fully saturated rings. The van der Waals surface area contributed by atoms with Gasteiger partial charge in [0.1, 0.15) is 5.75 Å². The summed E-state index contributed by atoms with van der Waals surface area (Å²) in [5, 5.41) is 14.5. The largest absolute Gasteiger partial charge is 0.497 e. The molecule has 2 aromatic carbocycles. The van der Waals surface area contributed by atoms with Gasteiger partial charge in [-0.1, -0.05) is 31.2 Å². The number of benzene rings is 2. The first-order chi connectivity index (χ1) is 11.6. The summed E-state index contributed by atoms with van der Waals surface area (Å²) in [6, 6.07) is 18.1. The summed E-state index contributed by atoms with van der Waals surface area (Å²) in [6.07, 6.45) is 0.398. The van der Waals surface area contributed by atoms with Crippen molar-refractivity contribution in [3.63, 3.8) is 0 Å². The molecule has 1 heterocycles. The van der Waals surface area contributed by atoms with Gasteiger partial charge in [0, 0.05) is 5.56 Å². The average Bonchev–Trinajstić information content (AvgIpc) is 3.07. The van der Waals surface area contributed by atoms with Gasteiger partial charge in [0.2, 0.25) is 0 Å². The highest BCUT2D eigenvalue weighted by Gasteiger charge is 2.14. The summed E-state index contributed by atoms with van der Waals surface area (Å²) in [6.45, 7) is 3.87. The second-order valence-corrected chi connectivity index (χ2v) is 5.79. The number of aliphatic hydroxyl groups excluding tert-OH is 1. The van der Waals surface area contributed by atoms with Crippen LogP contribution in [0.3, 0.4) is 0 Å². The molecule has 0 saturated carbocycles. The van der Waals surface area contributed by atoms with Crippen molar-refractivity contribution < 1.29 is 9.84 Å². The van der Waals surface area contributed by atoms with Gasteiger partial charge in [0.05, 0.1) is 30.3 Å². The van der Waals surface area contributed by atoms with Crippen molar-refractivity contribution in [2.45, 2.75) is 26.4 Å². The molecule has 0 aliphatic rings. The second kappa shape index (κ2) is 6.89. The number of rotatable bonds is 5. The van der Waals surface area contributed by atoms with E-state index in [1.54, 1.807) is 14.0 Å². The van der Waals surface area contributed by atoms with E-state index in [0.717, 1.165) is 29.1 Å². The number of methoxy groups -OCH3 is 1. The molecule has 4 nitrogen and oxygen atoms in total. The lowest BCUT2D eigenvalue weighted by atomic mass is 10.1. The first-order valence-electron chi connectivity index (χ1n) is 8.14. The van der Waals surface area contributed by atoms with E-state index in [1.807, 2.05) is 35.0 Å². The van der Waals surface area contributed by atoms with Crippen molar-refractivity contribution in [2.24, 2.45) is 0 Å². The monoisotopic (exact) mass is 322 g/mol. The third-order valence-electron chi connectivity index (χ3n) is 4.13. The molecule has 1 atom stereocenters. The Bertz CT molecular complexity index is 738. The van der Waals surface area contributed by atoms with Crippen LogP contribution in [0.15, 0.2) is 54.6 Å². The zero-order chi connectivity index (χ0) is 17.1. The summed E-state index contributed by atoms with van der Waals surface area (Å²) >= 11 is 0. The van der Waals surface area contributed by atoms with E-state index in [9.17, 15) is 5.11 Å². The smallest absolute Gasteiger partial charge is 0.119 e. The van der Waals surface area contributed by atoms with Crippen molar-refractivity contribution in [3.05, 3.63) is 65.9 Å². The highest BCUT2D eigenvalue weighted by Crippen LogP contribution is 2.27. The summed E-state index contributed by atoms with van der Waals surface area (Å²) in [7, 11) is 1.65. The minimum Gasteiger partial charge on any atom is -0.497 e. The number of hydrogen-bond donors (Lipinski definition) is 1. The minimum atomic E-state index is -0.613.